The number of ether oxygens (including phenoxy) is 2. The minimum Gasteiger partial charge on any atom is -0.497 e. The maximum atomic E-state index is 5.48. The highest BCUT2D eigenvalue weighted by molar-refractivity contribution is 7.54. The fourth-order valence-corrected chi connectivity index (χ4v) is 1.23. The monoisotopic (exact) mass is 197 g/mol. The van der Waals surface area contributed by atoms with Gasteiger partial charge in [-0.2, -0.15) is 0 Å². The molecule has 0 spiro atoms. The molecule has 0 aliphatic rings. The van der Waals surface area contributed by atoms with Gasteiger partial charge in [-0.05, 0) is 24.3 Å². The molecule has 3 heteroatoms. The number of benzene rings is 1. The molecule has 1 aromatic carbocycles. The lowest BCUT2D eigenvalue weighted by molar-refractivity contribution is 0.386. The molecule has 1 aromatic rings. The Morgan fingerprint density at radius 3 is 2.23 bits per heavy atom. The lowest BCUT2D eigenvalue weighted by Crippen LogP contribution is -1.91. The molecule has 0 heterocycles. The minimum absolute atomic E-state index is 0.239. The predicted molar refractivity (Wildman–Crippen MR) is 58.5 cm³/mol. The van der Waals surface area contributed by atoms with Crippen LogP contribution < -0.4 is 9.47 Å². The molecule has 0 radical (unpaired) electrons. The van der Waals surface area contributed by atoms with Gasteiger partial charge in [-0.15, -0.1) is 0 Å². The zero-order chi connectivity index (χ0) is 9.68. The van der Waals surface area contributed by atoms with E-state index in [1.54, 1.807) is 7.11 Å². The fraction of sp³-hybridized carbons (Fsp3) is 0.300. The van der Waals surface area contributed by atoms with Crippen molar-refractivity contribution in [2.24, 2.45) is 0 Å². The highest BCUT2D eigenvalue weighted by atomic mass is 31.1. The molecular weight excluding hydrogens is 183 g/mol. The summed E-state index contributed by atoms with van der Waals surface area (Å²) in [4.78, 5) is 0. The average Bonchev–Trinajstić information content (AvgIpc) is 2.15. The molecule has 0 bridgehead atoms. The molecule has 0 saturated carbocycles. The van der Waals surface area contributed by atoms with Gasteiger partial charge in [0.2, 0.25) is 6.35 Å². The number of rotatable bonds is 4. The summed E-state index contributed by atoms with van der Waals surface area (Å²) in [5, 5.41) is 0. The Labute approximate surface area is 79.9 Å². The molecule has 13 heavy (non-hydrogen) atoms. The van der Waals surface area contributed by atoms with Gasteiger partial charge in [0.05, 0.1) is 20.1 Å². The Morgan fingerprint density at radius 2 is 1.77 bits per heavy atom. The summed E-state index contributed by atoms with van der Waals surface area (Å²) in [6.45, 7) is 2.08. The van der Waals surface area contributed by atoms with Gasteiger partial charge in [0.15, 0.2) is 0 Å². The Bertz CT molecular complexity index is 279. The van der Waals surface area contributed by atoms with Gasteiger partial charge in [0.25, 0.3) is 0 Å². The van der Waals surface area contributed by atoms with Crippen molar-refractivity contribution in [3.05, 3.63) is 24.3 Å². The van der Waals surface area contributed by atoms with Crippen LogP contribution in [0.1, 0.15) is 0 Å². The quantitative estimate of drug-likeness (QED) is 0.690. The van der Waals surface area contributed by atoms with Gasteiger partial charge < -0.3 is 9.47 Å². The average molecular weight is 197 g/mol. The van der Waals surface area contributed by atoms with Gasteiger partial charge in [0.1, 0.15) is 19.0 Å². The highest BCUT2D eigenvalue weighted by Gasteiger charge is 1.99. The Balaban J connectivity index is 2.54. The van der Waals surface area contributed by atoms with E-state index in [9.17, 15) is 0 Å². The summed E-state index contributed by atoms with van der Waals surface area (Å²) in [7, 11) is 1.41. The van der Waals surface area contributed by atoms with Crippen LogP contribution in [0.15, 0.2) is 24.3 Å². The van der Waals surface area contributed by atoms with Crippen LogP contribution in [0, 0.1) is 0 Å². The van der Waals surface area contributed by atoms with E-state index in [1.165, 1.54) is 0 Å². The van der Waals surface area contributed by atoms with Crippen molar-refractivity contribution >= 4 is 13.8 Å². The van der Waals surface area contributed by atoms with E-state index in [0.29, 0.717) is 6.35 Å². The Kier molecular flexibility index (Phi) is 3.78. The van der Waals surface area contributed by atoms with Crippen molar-refractivity contribution in [3.8, 4) is 11.5 Å². The topological polar surface area (TPSA) is 18.5 Å². The molecule has 70 valence electrons. The van der Waals surface area contributed by atoms with Crippen molar-refractivity contribution in [2.45, 2.75) is 0 Å². The molecule has 0 aromatic heterocycles. The fourth-order valence-electron chi connectivity index (χ4n) is 0.857. The van der Waals surface area contributed by atoms with Gasteiger partial charge >= 0.3 is 0 Å². The molecule has 0 aliphatic carbocycles. The minimum atomic E-state index is -0.239. The zero-order valence-corrected chi connectivity index (χ0v) is 8.88. The predicted octanol–water partition coefficient (Wildman–Crippen LogP) is 2.58. The standard InChI is InChI=1S/C10H14O2P/c1-11-9-4-6-10(7-5-9)12-8-13(2)3/h4-7H,2,8H2,1,3H3/q+1. The van der Waals surface area contributed by atoms with Gasteiger partial charge in [-0.25, -0.2) is 0 Å². The smallest absolute Gasteiger partial charge is 0.242 e. The van der Waals surface area contributed by atoms with E-state index in [2.05, 4.69) is 13.0 Å². The van der Waals surface area contributed by atoms with Crippen molar-refractivity contribution in [3.63, 3.8) is 0 Å². The van der Waals surface area contributed by atoms with E-state index in [-0.39, 0.29) is 7.55 Å². The number of methoxy groups -OCH3 is 1. The van der Waals surface area contributed by atoms with Crippen molar-refractivity contribution < 1.29 is 9.47 Å². The normalized spacial score (nSPS) is 10.8. The molecule has 0 N–H and O–H groups in total. The highest BCUT2D eigenvalue weighted by Crippen LogP contribution is 2.20. The second-order valence-electron chi connectivity index (χ2n) is 2.81. The molecule has 2 nitrogen and oxygen atoms in total. The summed E-state index contributed by atoms with van der Waals surface area (Å²) in [5.41, 5.74) is 0. The van der Waals surface area contributed by atoms with E-state index in [1.807, 2.05) is 24.3 Å². The van der Waals surface area contributed by atoms with Crippen LogP contribution in [0.3, 0.4) is 0 Å². The summed E-state index contributed by atoms with van der Waals surface area (Å²) in [5.74, 6) is 1.72. The molecule has 0 amide bonds. The summed E-state index contributed by atoms with van der Waals surface area (Å²) in [6, 6.07) is 7.57. The van der Waals surface area contributed by atoms with Crippen LogP contribution in [0.25, 0.3) is 0 Å². The van der Waals surface area contributed by atoms with Crippen molar-refractivity contribution in [1.29, 1.82) is 0 Å². The van der Waals surface area contributed by atoms with Gasteiger partial charge in [0, 0.05) is 0 Å². The lowest BCUT2D eigenvalue weighted by atomic mass is 10.3. The summed E-state index contributed by atoms with van der Waals surface area (Å²) in [6.07, 6.45) is 4.61. The molecule has 1 unspecified atom stereocenters. The van der Waals surface area contributed by atoms with Crippen molar-refractivity contribution in [1.82, 2.24) is 0 Å². The lowest BCUT2D eigenvalue weighted by Gasteiger charge is -2.02. The first-order valence-electron chi connectivity index (χ1n) is 4.01. The number of hydrogen-bond acceptors (Lipinski definition) is 2. The third-order valence-corrected chi connectivity index (χ3v) is 2.08. The third kappa shape index (κ3) is 3.47. The first-order chi connectivity index (χ1) is 6.22. The molecule has 1 rings (SSSR count). The van der Waals surface area contributed by atoms with Gasteiger partial charge in [-0.3, -0.25) is 0 Å². The Morgan fingerprint density at radius 1 is 1.23 bits per heavy atom. The van der Waals surface area contributed by atoms with Crippen LogP contribution in [0.5, 0.6) is 11.5 Å². The largest absolute Gasteiger partial charge is 0.497 e. The van der Waals surface area contributed by atoms with E-state index < -0.39 is 0 Å². The molecule has 0 aliphatic heterocycles. The number of hydrogen-bond donors (Lipinski definition) is 0. The third-order valence-electron chi connectivity index (χ3n) is 1.51. The van der Waals surface area contributed by atoms with Crippen LogP contribution >= 0.6 is 7.55 Å². The van der Waals surface area contributed by atoms with E-state index in [0.717, 1.165) is 11.5 Å². The zero-order valence-electron chi connectivity index (χ0n) is 7.99. The van der Waals surface area contributed by atoms with Gasteiger partial charge in [-0.1, -0.05) is 0 Å². The SMILES string of the molecule is C=[P+](C)COc1ccc(OC)cc1. The maximum absolute atomic E-state index is 5.48. The maximum Gasteiger partial charge on any atom is 0.242 e. The molecule has 0 saturated heterocycles. The molecule has 1 atom stereocenters. The first-order valence-corrected chi connectivity index (χ1v) is 6.17. The summed E-state index contributed by atoms with van der Waals surface area (Å²) >= 11 is 0. The first kappa shape index (κ1) is 10.1. The second-order valence-corrected chi connectivity index (χ2v) is 4.78. The van der Waals surface area contributed by atoms with Crippen LogP contribution in [0.4, 0.5) is 0 Å². The van der Waals surface area contributed by atoms with Crippen LogP contribution in [0.2, 0.25) is 0 Å². The molecular formula is C10H14O2P+. The molecule has 0 fully saturated rings. The second kappa shape index (κ2) is 4.88. The summed E-state index contributed by atoms with van der Waals surface area (Å²) < 4.78 is 10.5. The van der Waals surface area contributed by atoms with Crippen molar-refractivity contribution in [2.75, 3.05) is 20.1 Å². The van der Waals surface area contributed by atoms with Crippen LogP contribution in [-0.2, 0) is 0 Å². The van der Waals surface area contributed by atoms with E-state index >= 15 is 0 Å². The van der Waals surface area contributed by atoms with Crippen LogP contribution in [-0.4, -0.2) is 26.4 Å². The van der Waals surface area contributed by atoms with E-state index in [4.69, 9.17) is 9.47 Å². The Hall–Kier alpha value is -1.01.